The summed E-state index contributed by atoms with van der Waals surface area (Å²) in [6.07, 6.45) is 4.39. The van der Waals surface area contributed by atoms with E-state index in [1.165, 1.54) is 38.9 Å². The molecular weight excluding hydrogens is 542 g/mol. The van der Waals surface area contributed by atoms with Gasteiger partial charge in [0.2, 0.25) is 0 Å². The van der Waals surface area contributed by atoms with E-state index in [9.17, 15) is 0 Å². The molecule has 7 aromatic rings. The van der Waals surface area contributed by atoms with Gasteiger partial charge in [-0.25, -0.2) is 0 Å². The van der Waals surface area contributed by atoms with E-state index in [4.69, 9.17) is 0 Å². The minimum atomic E-state index is 1.10. The molecule has 0 spiro atoms. The predicted octanol–water partition coefficient (Wildman–Crippen LogP) is 12.3. The fourth-order valence-electron chi connectivity index (χ4n) is 5.75. The van der Waals surface area contributed by atoms with Gasteiger partial charge in [0.15, 0.2) is 0 Å². The van der Waals surface area contributed by atoms with Crippen LogP contribution in [0.5, 0.6) is 0 Å². The van der Waals surface area contributed by atoms with E-state index in [1.807, 2.05) is 6.07 Å². The molecule has 1 nitrogen and oxygen atoms in total. The van der Waals surface area contributed by atoms with E-state index in [2.05, 4.69) is 199 Å². The van der Waals surface area contributed by atoms with E-state index >= 15 is 0 Å². The van der Waals surface area contributed by atoms with Gasteiger partial charge in [-0.15, -0.1) is 0 Å². The summed E-state index contributed by atoms with van der Waals surface area (Å²) < 4.78 is 0. The molecule has 0 aliphatic rings. The van der Waals surface area contributed by atoms with Crippen molar-refractivity contribution < 1.29 is 0 Å². The van der Waals surface area contributed by atoms with E-state index in [0.717, 1.165) is 22.6 Å². The minimum Gasteiger partial charge on any atom is -0.310 e. The second-order valence-corrected chi connectivity index (χ2v) is 11.0. The molecule has 0 amide bonds. The van der Waals surface area contributed by atoms with Gasteiger partial charge in [0.05, 0.1) is 5.69 Å². The van der Waals surface area contributed by atoms with Gasteiger partial charge in [-0.3, -0.25) is 0 Å². The van der Waals surface area contributed by atoms with Gasteiger partial charge in [0.25, 0.3) is 0 Å². The number of nitrogens with zero attached hydrogens (tertiary/aromatic N) is 1. The van der Waals surface area contributed by atoms with Gasteiger partial charge in [0, 0.05) is 11.4 Å². The predicted molar refractivity (Wildman–Crippen MR) is 193 cm³/mol. The lowest BCUT2D eigenvalue weighted by Gasteiger charge is -2.28. The third-order valence-electron chi connectivity index (χ3n) is 8.09. The minimum absolute atomic E-state index is 1.10. The highest BCUT2D eigenvalue weighted by atomic mass is 15.1. The fourth-order valence-corrected chi connectivity index (χ4v) is 5.75. The molecule has 0 fully saturated rings. The van der Waals surface area contributed by atoms with E-state index in [0.29, 0.717) is 0 Å². The Morgan fingerprint density at radius 3 is 1.40 bits per heavy atom. The topological polar surface area (TPSA) is 3.24 Å². The van der Waals surface area contributed by atoms with Crippen molar-refractivity contribution in [2.24, 2.45) is 0 Å². The zero-order valence-electron chi connectivity index (χ0n) is 25.0. The molecule has 0 aliphatic carbocycles. The van der Waals surface area contributed by atoms with Crippen LogP contribution in [0.4, 0.5) is 17.1 Å². The van der Waals surface area contributed by atoms with Crippen molar-refractivity contribution in [1.29, 1.82) is 0 Å². The van der Waals surface area contributed by atoms with Crippen molar-refractivity contribution in [3.8, 4) is 33.4 Å². The molecule has 45 heavy (non-hydrogen) atoms. The molecule has 0 heterocycles. The second-order valence-electron chi connectivity index (χ2n) is 11.0. The highest BCUT2D eigenvalue weighted by molar-refractivity contribution is 5.87. The van der Waals surface area contributed by atoms with Crippen LogP contribution in [0.3, 0.4) is 0 Å². The van der Waals surface area contributed by atoms with Crippen LogP contribution in [0.1, 0.15) is 11.1 Å². The van der Waals surface area contributed by atoms with Crippen LogP contribution < -0.4 is 4.90 Å². The molecular formula is C44H33N. The first-order valence-electron chi connectivity index (χ1n) is 15.4. The third-order valence-corrected chi connectivity index (χ3v) is 8.09. The van der Waals surface area contributed by atoms with Gasteiger partial charge in [-0.05, 0) is 74.8 Å². The van der Waals surface area contributed by atoms with Gasteiger partial charge >= 0.3 is 0 Å². The van der Waals surface area contributed by atoms with Crippen LogP contribution in [0.2, 0.25) is 0 Å². The molecule has 0 aliphatic heterocycles. The van der Waals surface area contributed by atoms with Crippen LogP contribution in [0.25, 0.3) is 45.5 Å². The molecule has 0 radical (unpaired) electrons. The summed E-state index contributed by atoms with van der Waals surface area (Å²) in [6.45, 7) is 0. The number of hydrogen-bond donors (Lipinski definition) is 0. The van der Waals surface area contributed by atoms with Crippen LogP contribution in [-0.2, 0) is 0 Å². The maximum atomic E-state index is 2.36. The Bertz CT molecular complexity index is 2010. The summed E-state index contributed by atoms with van der Waals surface area (Å²) in [5, 5.41) is 0. The van der Waals surface area contributed by atoms with Gasteiger partial charge in [-0.2, -0.15) is 0 Å². The standard InChI is InChI=1S/C44H33N/c1-4-13-34(14-5-1)23-24-40-19-10-11-22-44(40)45(43-21-12-20-41(33-43)36-17-8-3-9-18-36)42-31-29-39(30-32-42)38-27-25-37(26-28-38)35-15-6-2-7-16-35/h1-33H. The zero-order valence-corrected chi connectivity index (χ0v) is 25.0. The molecule has 0 saturated carbocycles. The van der Waals surface area contributed by atoms with Gasteiger partial charge in [-0.1, -0.05) is 170 Å². The van der Waals surface area contributed by atoms with Crippen LogP contribution in [0.15, 0.2) is 188 Å². The molecule has 0 aromatic heterocycles. The summed E-state index contributed by atoms with van der Waals surface area (Å²) in [4.78, 5) is 2.36. The lowest BCUT2D eigenvalue weighted by Crippen LogP contribution is -2.11. The molecule has 0 unspecified atom stereocenters. The molecule has 0 N–H and O–H groups in total. The van der Waals surface area contributed by atoms with Crippen molar-refractivity contribution in [2.75, 3.05) is 4.90 Å². The molecule has 0 atom stereocenters. The van der Waals surface area contributed by atoms with Crippen molar-refractivity contribution >= 4 is 29.2 Å². The smallest absolute Gasteiger partial charge is 0.0533 e. The average Bonchev–Trinajstić information content (AvgIpc) is 3.13. The summed E-state index contributed by atoms with van der Waals surface area (Å²) in [7, 11) is 0. The summed E-state index contributed by atoms with van der Waals surface area (Å²) in [6, 6.07) is 66.7. The van der Waals surface area contributed by atoms with Crippen molar-refractivity contribution in [2.45, 2.75) is 0 Å². The van der Waals surface area contributed by atoms with E-state index in [-0.39, 0.29) is 0 Å². The molecule has 7 aromatic carbocycles. The van der Waals surface area contributed by atoms with Crippen molar-refractivity contribution in [3.05, 3.63) is 199 Å². The number of benzene rings is 7. The normalized spacial score (nSPS) is 11.0. The number of para-hydroxylation sites is 1. The highest BCUT2D eigenvalue weighted by Gasteiger charge is 2.16. The Balaban J connectivity index is 1.28. The number of hydrogen-bond acceptors (Lipinski definition) is 1. The SMILES string of the molecule is C(=Cc1ccccc1N(c1ccc(-c2ccc(-c3ccccc3)cc2)cc1)c1cccc(-c2ccccc2)c1)c1ccccc1. The zero-order chi connectivity index (χ0) is 30.3. The maximum absolute atomic E-state index is 2.36. The second kappa shape index (κ2) is 13.2. The monoisotopic (exact) mass is 575 g/mol. The first kappa shape index (κ1) is 27.9. The molecule has 0 bridgehead atoms. The lowest BCUT2D eigenvalue weighted by molar-refractivity contribution is 1.28. The molecule has 214 valence electrons. The maximum Gasteiger partial charge on any atom is 0.0533 e. The Morgan fingerprint density at radius 1 is 0.311 bits per heavy atom. The Kier molecular flexibility index (Phi) is 8.15. The third kappa shape index (κ3) is 6.39. The van der Waals surface area contributed by atoms with Crippen molar-refractivity contribution in [3.63, 3.8) is 0 Å². The van der Waals surface area contributed by atoms with Crippen LogP contribution in [-0.4, -0.2) is 0 Å². The Morgan fingerprint density at radius 2 is 0.778 bits per heavy atom. The molecule has 1 heteroatoms. The lowest BCUT2D eigenvalue weighted by atomic mass is 9.99. The first-order valence-corrected chi connectivity index (χ1v) is 15.4. The summed E-state index contributed by atoms with van der Waals surface area (Å²) in [5.74, 6) is 0. The van der Waals surface area contributed by atoms with Crippen LogP contribution in [0, 0.1) is 0 Å². The fraction of sp³-hybridized carbons (Fsp3) is 0. The summed E-state index contributed by atoms with van der Waals surface area (Å²) in [5.41, 5.74) is 12.9. The van der Waals surface area contributed by atoms with E-state index in [1.54, 1.807) is 0 Å². The molecule has 7 rings (SSSR count). The summed E-state index contributed by atoms with van der Waals surface area (Å²) >= 11 is 0. The Labute approximate surface area is 266 Å². The number of rotatable bonds is 8. The van der Waals surface area contributed by atoms with Gasteiger partial charge in [0.1, 0.15) is 0 Å². The largest absolute Gasteiger partial charge is 0.310 e. The van der Waals surface area contributed by atoms with E-state index < -0.39 is 0 Å². The molecule has 0 saturated heterocycles. The number of anilines is 3. The highest BCUT2D eigenvalue weighted by Crippen LogP contribution is 2.39. The quantitative estimate of drug-likeness (QED) is 0.163. The average molecular weight is 576 g/mol. The first-order chi connectivity index (χ1) is 22.3. The van der Waals surface area contributed by atoms with Crippen molar-refractivity contribution in [1.82, 2.24) is 0 Å². The van der Waals surface area contributed by atoms with Crippen LogP contribution >= 0.6 is 0 Å². The van der Waals surface area contributed by atoms with Gasteiger partial charge < -0.3 is 4.90 Å². The Hall–Kier alpha value is -5.92.